The van der Waals surface area contributed by atoms with E-state index in [1.807, 2.05) is 25.1 Å². The Balaban J connectivity index is 1.98. The van der Waals surface area contributed by atoms with Gasteiger partial charge in [0.25, 0.3) is 0 Å². The molecule has 1 amide bonds. The Morgan fingerprint density at radius 1 is 1.45 bits per heavy atom. The van der Waals surface area contributed by atoms with Crippen LogP contribution in [0.1, 0.15) is 18.9 Å². The molecule has 118 valence electrons. The van der Waals surface area contributed by atoms with E-state index < -0.39 is 5.41 Å². The van der Waals surface area contributed by atoms with E-state index in [9.17, 15) is 4.79 Å². The normalized spacial score (nSPS) is 25.5. The molecule has 0 unspecified atom stereocenters. The van der Waals surface area contributed by atoms with Crippen molar-refractivity contribution in [2.24, 2.45) is 11.7 Å². The van der Waals surface area contributed by atoms with Gasteiger partial charge in [-0.25, -0.2) is 0 Å². The van der Waals surface area contributed by atoms with Crippen LogP contribution in [-0.2, 0) is 10.2 Å². The zero-order valence-corrected chi connectivity index (χ0v) is 12.9. The van der Waals surface area contributed by atoms with Crippen LogP contribution in [0.2, 0.25) is 0 Å². The predicted octanol–water partition coefficient (Wildman–Crippen LogP) is 1.67. The Labute approximate surface area is 130 Å². The average Bonchev–Trinajstić information content (AvgIpc) is 3.31. The fourth-order valence-corrected chi connectivity index (χ4v) is 3.29. The van der Waals surface area contributed by atoms with Crippen molar-refractivity contribution >= 4 is 5.91 Å². The van der Waals surface area contributed by atoms with Crippen molar-refractivity contribution < 1.29 is 14.3 Å². The smallest absolute Gasteiger partial charge is 0.237 e. The van der Waals surface area contributed by atoms with E-state index >= 15 is 0 Å². The lowest BCUT2D eigenvalue weighted by Crippen LogP contribution is -2.38. The van der Waals surface area contributed by atoms with Gasteiger partial charge in [0.05, 0.1) is 5.41 Å². The first-order valence-electron chi connectivity index (χ1n) is 7.71. The summed E-state index contributed by atoms with van der Waals surface area (Å²) in [7, 11) is 0. The molecule has 2 N–H and O–H groups in total. The largest absolute Gasteiger partial charge is 0.486 e. The fourth-order valence-electron chi connectivity index (χ4n) is 3.29. The maximum Gasteiger partial charge on any atom is 0.237 e. The zero-order chi connectivity index (χ0) is 15.7. The number of nitrogens with zero attached hydrogens (tertiary/aromatic N) is 1. The fraction of sp³-hybridized carbons (Fsp3) is 0.471. The van der Waals surface area contributed by atoms with Gasteiger partial charge < -0.3 is 20.1 Å². The number of rotatable bonds is 5. The highest BCUT2D eigenvalue weighted by atomic mass is 16.6. The van der Waals surface area contributed by atoms with Crippen molar-refractivity contribution in [2.45, 2.75) is 18.8 Å². The van der Waals surface area contributed by atoms with E-state index in [2.05, 4.69) is 6.58 Å². The lowest BCUT2D eigenvalue weighted by Gasteiger charge is -2.26. The molecule has 0 aromatic heterocycles. The van der Waals surface area contributed by atoms with Gasteiger partial charge >= 0.3 is 0 Å². The van der Waals surface area contributed by atoms with Crippen LogP contribution in [0.3, 0.4) is 0 Å². The first kappa shape index (κ1) is 14.9. The van der Waals surface area contributed by atoms with E-state index in [-0.39, 0.29) is 11.8 Å². The summed E-state index contributed by atoms with van der Waals surface area (Å²) in [5.74, 6) is 1.67. The van der Waals surface area contributed by atoms with E-state index in [1.165, 1.54) is 0 Å². The third-order valence-corrected chi connectivity index (χ3v) is 4.65. The van der Waals surface area contributed by atoms with Crippen LogP contribution in [0.15, 0.2) is 31.0 Å². The average molecular weight is 302 g/mol. The van der Waals surface area contributed by atoms with Gasteiger partial charge in [-0.2, -0.15) is 0 Å². The lowest BCUT2D eigenvalue weighted by atomic mass is 9.91. The molecule has 1 saturated carbocycles. The van der Waals surface area contributed by atoms with Crippen LogP contribution in [0, 0.1) is 5.92 Å². The highest BCUT2D eigenvalue weighted by Crippen LogP contribution is 2.56. The van der Waals surface area contributed by atoms with Gasteiger partial charge in [0.2, 0.25) is 5.91 Å². The topological polar surface area (TPSA) is 64.8 Å². The Hall–Kier alpha value is -2.01. The monoisotopic (exact) mass is 302 g/mol. The molecule has 2 aliphatic rings. The summed E-state index contributed by atoms with van der Waals surface area (Å²) in [5, 5.41) is 0. The maximum absolute atomic E-state index is 13.0. The SMILES string of the molecule is C=CN(CC)C(=O)[C@@]1(c2ccc3c(c2)OCCO3)C[C@H]1CN. The first-order valence-corrected chi connectivity index (χ1v) is 7.71. The Kier molecular flexibility index (Phi) is 3.83. The molecule has 5 heteroatoms. The molecule has 0 spiro atoms. The maximum atomic E-state index is 13.0. The Bertz CT molecular complexity index is 602. The molecule has 2 atom stereocenters. The van der Waals surface area contributed by atoms with Gasteiger partial charge in [-0.15, -0.1) is 0 Å². The van der Waals surface area contributed by atoms with Gasteiger partial charge in [-0.3, -0.25) is 4.79 Å². The third-order valence-electron chi connectivity index (χ3n) is 4.65. The third kappa shape index (κ3) is 2.16. The number of hydrogen-bond donors (Lipinski definition) is 1. The molecule has 1 aliphatic carbocycles. The molecule has 1 fully saturated rings. The van der Waals surface area contributed by atoms with Crippen molar-refractivity contribution in [3.05, 3.63) is 36.5 Å². The number of hydrogen-bond acceptors (Lipinski definition) is 4. The highest BCUT2D eigenvalue weighted by molar-refractivity contribution is 5.93. The van der Waals surface area contributed by atoms with Crippen LogP contribution >= 0.6 is 0 Å². The number of benzene rings is 1. The van der Waals surface area contributed by atoms with Crippen molar-refractivity contribution in [1.82, 2.24) is 4.90 Å². The molecule has 0 saturated heterocycles. The number of carbonyl (C=O) groups is 1. The molecule has 3 rings (SSSR count). The molecule has 0 radical (unpaired) electrons. The van der Waals surface area contributed by atoms with E-state index in [0.29, 0.717) is 32.1 Å². The number of amides is 1. The minimum Gasteiger partial charge on any atom is -0.486 e. The van der Waals surface area contributed by atoms with Crippen LogP contribution in [0.25, 0.3) is 0 Å². The molecular formula is C17H22N2O3. The standard InChI is InChI=1S/C17H22N2O3/c1-3-19(4-2)16(20)17(10-13(17)11-18)12-5-6-14-15(9-12)22-8-7-21-14/h3,5-6,9,13H,1,4,7-8,10-11,18H2,2H3/t13-,17+/m0/s1. The summed E-state index contributed by atoms with van der Waals surface area (Å²) in [5.41, 5.74) is 6.26. The van der Waals surface area contributed by atoms with Crippen LogP contribution in [-0.4, -0.2) is 37.1 Å². The quantitative estimate of drug-likeness (QED) is 0.898. The van der Waals surface area contributed by atoms with Gasteiger partial charge in [0, 0.05) is 6.54 Å². The number of ether oxygens (including phenoxy) is 2. The molecule has 0 bridgehead atoms. The molecule has 1 aromatic carbocycles. The number of likely N-dealkylation sites (N-methyl/N-ethyl adjacent to an activating group) is 1. The molecule has 1 aliphatic heterocycles. The van der Waals surface area contributed by atoms with Crippen LogP contribution in [0.4, 0.5) is 0 Å². The summed E-state index contributed by atoms with van der Waals surface area (Å²) >= 11 is 0. The molecule has 5 nitrogen and oxygen atoms in total. The Morgan fingerprint density at radius 3 is 2.77 bits per heavy atom. The second-order valence-electron chi connectivity index (χ2n) is 5.74. The van der Waals surface area contributed by atoms with Gasteiger partial charge in [-0.1, -0.05) is 12.6 Å². The summed E-state index contributed by atoms with van der Waals surface area (Å²) in [6, 6.07) is 5.77. The van der Waals surface area contributed by atoms with Gasteiger partial charge in [0.15, 0.2) is 11.5 Å². The summed E-state index contributed by atoms with van der Waals surface area (Å²) < 4.78 is 11.2. The van der Waals surface area contributed by atoms with E-state index in [0.717, 1.165) is 17.7 Å². The van der Waals surface area contributed by atoms with Crippen LogP contribution < -0.4 is 15.2 Å². The first-order chi connectivity index (χ1) is 10.7. The molecule has 22 heavy (non-hydrogen) atoms. The second-order valence-corrected chi connectivity index (χ2v) is 5.74. The Morgan fingerprint density at radius 2 is 2.18 bits per heavy atom. The predicted molar refractivity (Wildman–Crippen MR) is 83.9 cm³/mol. The summed E-state index contributed by atoms with van der Waals surface area (Å²) in [6.07, 6.45) is 2.36. The van der Waals surface area contributed by atoms with Crippen molar-refractivity contribution in [3.63, 3.8) is 0 Å². The van der Waals surface area contributed by atoms with Gasteiger partial charge in [0.1, 0.15) is 13.2 Å². The zero-order valence-electron chi connectivity index (χ0n) is 12.9. The van der Waals surface area contributed by atoms with Crippen LogP contribution in [0.5, 0.6) is 11.5 Å². The van der Waals surface area contributed by atoms with Crippen molar-refractivity contribution in [2.75, 3.05) is 26.3 Å². The number of carbonyl (C=O) groups excluding carboxylic acids is 1. The number of nitrogens with two attached hydrogens (primary N) is 1. The summed E-state index contributed by atoms with van der Waals surface area (Å²) in [6.45, 7) is 7.87. The molecule has 1 heterocycles. The lowest BCUT2D eigenvalue weighted by molar-refractivity contribution is -0.131. The second kappa shape index (κ2) is 5.65. The molecule has 1 aromatic rings. The van der Waals surface area contributed by atoms with E-state index in [1.54, 1.807) is 11.1 Å². The highest BCUT2D eigenvalue weighted by Gasteiger charge is 2.61. The minimum atomic E-state index is -0.547. The van der Waals surface area contributed by atoms with Crippen molar-refractivity contribution in [1.29, 1.82) is 0 Å². The minimum absolute atomic E-state index is 0.0668. The van der Waals surface area contributed by atoms with Crippen molar-refractivity contribution in [3.8, 4) is 11.5 Å². The number of fused-ring (bicyclic) bond motifs is 1. The van der Waals surface area contributed by atoms with Gasteiger partial charge in [-0.05, 0) is 49.7 Å². The summed E-state index contributed by atoms with van der Waals surface area (Å²) in [4.78, 5) is 14.6. The molecular weight excluding hydrogens is 280 g/mol. The van der Waals surface area contributed by atoms with E-state index in [4.69, 9.17) is 15.2 Å².